The van der Waals surface area contributed by atoms with Crippen molar-refractivity contribution in [1.82, 2.24) is 0 Å². The number of aliphatic hydroxyl groups is 1. The van der Waals surface area contributed by atoms with Crippen molar-refractivity contribution in [2.24, 2.45) is 0 Å². The zero-order valence-corrected chi connectivity index (χ0v) is 4.85. The molecule has 50 valence electrons. The van der Waals surface area contributed by atoms with Crippen LogP contribution in [0.2, 0.25) is 0 Å². The van der Waals surface area contributed by atoms with Crippen LogP contribution in [0.1, 0.15) is 19.3 Å². The fourth-order valence-corrected chi connectivity index (χ4v) is 0.797. The highest BCUT2D eigenvalue weighted by Gasteiger charge is 2.19. The van der Waals surface area contributed by atoms with E-state index in [-0.39, 0.29) is 12.2 Å². The van der Waals surface area contributed by atoms with E-state index in [1.807, 2.05) is 0 Å². The molecule has 0 fully saturated rings. The molecule has 1 aliphatic rings. The molecule has 1 rings (SSSR count). The Morgan fingerprint density at radius 3 is 2.56 bits per heavy atom. The summed E-state index contributed by atoms with van der Waals surface area (Å²) in [5, 5.41) is 8.63. The predicted octanol–water partition coefficient (Wildman–Crippen LogP) is 1.48. The minimum absolute atomic E-state index is 0.232. The van der Waals surface area contributed by atoms with Crippen LogP contribution < -0.4 is 0 Å². The molecule has 9 heavy (non-hydrogen) atoms. The molecule has 0 unspecified atom stereocenters. The topological polar surface area (TPSA) is 37.3 Å². The number of Topliss-reactive ketones (excluding diaryl/α,β-unsaturated/α-hetero) is 1. The van der Waals surface area contributed by atoms with E-state index in [1.165, 1.54) is 0 Å². The first kappa shape index (κ1) is 6.26. The molecule has 0 spiro atoms. The maximum atomic E-state index is 12.3. The van der Waals surface area contributed by atoms with Gasteiger partial charge in [-0.2, -0.15) is 4.39 Å². The SMILES string of the molecule is O=C1CCCC(O)=C1F. The van der Waals surface area contributed by atoms with Gasteiger partial charge in [-0.05, 0) is 6.42 Å². The van der Waals surface area contributed by atoms with Crippen LogP contribution in [0, 0.1) is 0 Å². The van der Waals surface area contributed by atoms with Crippen LogP contribution in [0.5, 0.6) is 0 Å². The number of carbonyl (C=O) groups excluding carboxylic acids is 1. The number of ketones is 1. The van der Waals surface area contributed by atoms with Crippen molar-refractivity contribution < 1.29 is 14.3 Å². The third-order valence-electron chi connectivity index (χ3n) is 1.32. The maximum absolute atomic E-state index is 12.3. The van der Waals surface area contributed by atoms with Crippen LogP contribution in [-0.4, -0.2) is 10.9 Å². The number of aliphatic hydroxyl groups excluding tert-OH is 1. The lowest BCUT2D eigenvalue weighted by Crippen LogP contribution is -2.07. The summed E-state index contributed by atoms with van der Waals surface area (Å²) in [5.74, 6) is -1.90. The van der Waals surface area contributed by atoms with E-state index in [1.54, 1.807) is 0 Å². The molecular formula is C6H7FO2. The Labute approximate surface area is 52.0 Å². The van der Waals surface area contributed by atoms with Gasteiger partial charge in [0.15, 0.2) is 5.78 Å². The third-order valence-corrected chi connectivity index (χ3v) is 1.32. The summed E-state index contributed by atoms with van der Waals surface area (Å²) in [6.45, 7) is 0. The molecule has 0 aromatic rings. The number of carbonyl (C=O) groups is 1. The van der Waals surface area contributed by atoms with Crippen molar-refractivity contribution in [3.63, 3.8) is 0 Å². The third kappa shape index (κ3) is 1.09. The lowest BCUT2D eigenvalue weighted by atomic mass is 10.0. The number of rotatable bonds is 0. The van der Waals surface area contributed by atoms with Crippen molar-refractivity contribution >= 4 is 5.78 Å². The van der Waals surface area contributed by atoms with Crippen molar-refractivity contribution in [1.29, 1.82) is 0 Å². The summed E-state index contributed by atoms with van der Waals surface area (Å²) in [4.78, 5) is 10.4. The van der Waals surface area contributed by atoms with Gasteiger partial charge in [0.1, 0.15) is 5.76 Å². The van der Waals surface area contributed by atoms with Gasteiger partial charge in [0.2, 0.25) is 5.83 Å². The number of hydrogen-bond acceptors (Lipinski definition) is 2. The molecule has 0 heterocycles. The normalized spacial score (nSPS) is 20.8. The minimum Gasteiger partial charge on any atom is -0.509 e. The molecular weight excluding hydrogens is 123 g/mol. The van der Waals surface area contributed by atoms with Gasteiger partial charge in [-0.25, -0.2) is 0 Å². The van der Waals surface area contributed by atoms with E-state index < -0.39 is 11.6 Å². The molecule has 0 radical (unpaired) electrons. The first-order chi connectivity index (χ1) is 4.22. The maximum Gasteiger partial charge on any atom is 0.203 e. The second-order valence-corrected chi connectivity index (χ2v) is 2.04. The van der Waals surface area contributed by atoms with Crippen LogP contribution >= 0.6 is 0 Å². The number of allylic oxidation sites excluding steroid dienone is 2. The second-order valence-electron chi connectivity index (χ2n) is 2.04. The monoisotopic (exact) mass is 130 g/mol. The van der Waals surface area contributed by atoms with E-state index in [0.29, 0.717) is 12.8 Å². The van der Waals surface area contributed by atoms with Crippen LogP contribution in [-0.2, 0) is 4.79 Å². The average Bonchev–Trinajstić information content (AvgIpc) is 1.83. The fourth-order valence-electron chi connectivity index (χ4n) is 0.797. The molecule has 0 aliphatic heterocycles. The van der Waals surface area contributed by atoms with Gasteiger partial charge < -0.3 is 5.11 Å². The molecule has 0 amide bonds. The van der Waals surface area contributed by atoms with Crippen molar-refractivity contribution in [2.75, 3.05) is 0 Å². The van der Waals surface area contributed by atoms with Crippen LogP contribution in [0.3, 0.4) is 0 Å². The van der Waals surface area contributed by atoms with Gasteiger partial charge >= 0.3 is 0 Å². The molecule has 2 nitrogen and oxygen atoms in total. The Hall–Kier alpha value is -0.860. The van der Waals surface area contributed by atoms with E-state index in [0.717, 1.165) is 0 Å². The predicted molar refractivity (Wildman–Crippen MR) is 29.6 cm³/mol. The summed E-state index contributed by atoms with van der Waals surface area (Å²) < 4.78 is 12.3. The van der Waals surface area contributed by atoms with Crippen LogP contribution in [0.25, 0.3) is 0 Å². The molecule has 0 saturated heterocycles. The van der Waals surface area contributed by atoms with E-state index in [4.69, 9.17) is 5.11 Å². The van der Waals surface area contributed by atoms with Gasteiger partial charge in [-0.1, -0.05) is 0 Å². The van der Waals surface area contributed by atoms with E-state index >= 15 is 0 Å². The molecule has 0 atom stereocenters. The molecule has 0 aromatic heterocycles. The Bertz CT molecular complexity index is 172. The number of halogens is 1. The van der Waals surface area contributed by atoms with Gasteiger partial charge in [-0.15, -0.1) is 0 Å². The largest absolute Gasteiger partial charge is 0.509 e. The van der Waals surface area contributed by atoms with E-state index in [2.05, 4.69) is 0 Å². The minimum atomic E-state index is -0.943. The lowest BCUT2D eigenvalue weighted by molar-refractivity contribution is -0.117. The Morgan fingerprint density at radius 2 is 2.11 bits per heavy atom. The summed E-state index contributed by atoms with van der Waals surface area (Å²) in [6.07, 6.45) is 1.10. The highest BCUT2D eigenvalue weighted by molar-refractivity contribution is 5.94. The Balaban J connectivity index is 2.84. The van der Waals surface area contributed by atoms with Gasteiger partial charge in [0, 0.05) is 12.8 Å². The Kier molecular flexibility index (Phi) is 1.51. The molecule has 1 aliphatic carbocycles. The summed E-state index contributed by atoms with van der Waals surface area (Å²) in [5.41, 5.74) is 0. The highest BCUT2D eigenvalue weighted by Crippen LogP contribution is 2.19. The first-order valence-electron chi connectivity index (χ1n) is 2.82. The van der Waals surface area contributed by atoms with Gasteiger partial charge in [-0.3, -0.25) is 4.79 Å². The molecule has 0 bridgehead atoms. The first-order valence-corrected chi connectivity index (χ1v) is 2.82. The lowest BCUT2D eigenvalue weighted by Gasteiger charge is -2.06. The van der Waals surface area contributed by atoms with Crippen LogP contribution in [0.4, 0.5) is 4.39 Å². The molecule has 0 saturated carbocycles. The molecule has 3 heteroatoms. The summed E-state index contributed by atoms with van der Waals surface area (Å²) >= 11 is 0. The average molecular weight is 130 g/mol. The van der Waals surface area contributed by atoms with Crippen molar-refractivity contribution in [3.8, 4) is 0 Å². The highest BCUT2D eigenvalue weighted by atomic mass is 19.1. The quantitative estimate of drug-likeness (QED) is 0.539. The van der Waals surface area contributed by atoms with Gasteiger partial charge in [0.25, 0.3) is 0 Å². The van der Waals surface area contributed by atoms with E-state index in [9.17, 15) is 9.18 Å². The molecule has 0 aromatic carbocycles. The second kappa shape index (κ2) is 2.17. The molecule has 1 N–H and O–H groups in total. The van der Waals surface area contributed by atoms with Crippen molar-refractivity contribution in [2.45, 2.75) is 19.3 Å². The van der Waals surface area contributed by atoms with Crippen LogP contribution in [0.15, 0.2) is 11.6 Å². The fraction of sp³-hybridized carbons (Fsp3) is 0.500. The summed E-state index contributed by atoms with van der Waals surface area (Å²) in [6, 6.07) is 0. The number of hydrogen-bond donors (Lipinski definition) is 1. The zero-order valence-electron chi connectivity index (χ0n) is 4.85. The van der Waals surface area contributed by atoms with Crippen molar-refractivity contribution in [3.05, 3.63) is 11.6 Å². The smallest absolute Gasteiger partial charge is 0.203 e. The zero-order chi connectivity index (χ0) is 6.85. The Morgan fingerprint density at radius 1 is 1.44 bits per heavy atom. The standard InChI is InChI=1S/C6H7FO2/c7-6-4(8)2-1-3-5(6)9/h8H,1-3H2. The van der Waals surface area contributed by atoms with Gasteiger partial charge in [0.05, 0.1) is 0 Å². The summed E-state index contributed by atoms with van der Waals surface area (Å²) in [7, 11) is 0.